The van der Waals surface area contributed by atoms with E-state index < -0.39 is 11.7 Å². The number of para-hydroxylation sites is 1. The van der Waals surface area contributed by atoms with Crippen molar-refractivity contribution in [1.82, 2.24) is 5.32 Å². The molecule has 0 aliphatic carbocycles. The third-order valence-electron chi connectivity index (χ3n) is 3.98. The molecule has 2 aromatic carbocycles. The van der Waals surface area contributed by atoms with Crippen LogP contribution < -0.4 is 10.2 Å². The van der Waals surface area contributed by atoms with Gasteiger partial charge in [0.15, 0.2) is 0 Å². The molecular weight excluding hydrogens is 333 g/mol. The van der Waals surface area contributed by atoms with Crippen LogP contribution in [0.4, 0.5) is 18.9 Å². The molecule has 24 heavy (non-hydrogen) atoms. The fraction of sp³-hybridized carbons (Fsp3) is 0.333. The van der Waals surface area contributed by atoms with Gasteiger partial charge in [-0.3, -0.25) is 0 Å². The lowest BCUT2D eigenvalue weighted by atomic mass is 10.1. The van der Waals surface area contributed by atoms with Crippen molar-refractivity contribution in [2.75, 3.05) is 31.1 Å². The molecule has 1 N–H and O–H groups in total. The van der Waals surface area contributed by atoms with Crippen LogP contribution >= 0.6 is 11.8 Å². The van der Waals surface area contributed by atoms with Crippen LogP contribution in [0, 0.1) is 6.92 Å². The molecule has 0 spiro atoms. The molecule has 0 unspecified atom stereocenters. The molecule has 1 saturated heterocycles. The van der Waals surface area contributed by atoms with Crippen LogP contribution in [0.2, 0.25) is 0 Å². The number of rotatable bonds is 3. The monoisotopic (exact) mass is 352 g/mol. The number of benzene rings is 2. The van der Waals surface area contributed by atoms with Gasteiger partial charge >= 0.3 is 6.18 Å². The zero-order valence-electron chi connectivity index (χ0n) is 13.4. The molecule has 0 bridgehead atoms. The molecule has 2 aromatic rings. The second-order valence-corrected chi connectivity index (χ2v) is 6.89. The molecule has 1 heterocycles. The summed E-state index contributed by atoms with van der Waals surface area (Å²) in [5.74, 6) is 0. The Morgan fingerprint density at radius 3 is 2.42 bits per heavy atom. The summed E-state index contributed by atoms with van der Waals surface area (Å²) in [7, 11) is 0. The van der Waals surface area contributed by atoms with Crippen molar-refractivity contribution < 1.29 is 13.2 Å². The van der Waals surface area contributed by atoms with E-state index in [0.717, 1.165) is 36.8 Å². The van der Waals surface area contributed by atoms with E-state index in [1.54, 1.807) is 19.1 Å². The minimum Gasteiger partial charge on any atom is -0.368 e. The number of aryl methyl sites for hydroxylation is 1. The van der Waals surface area contributed by atoms with Crippen LogP contribution in [0.5, 0.6) is 0 Å². The lowest BCUT2D eigenvalue weighted by Gasteiger charge is -2.31. The molecular formula is C18H19F3N2S. The minimum absolute atomic E-state index is 0.246. The highest BCUT2D eigenvalue weighted by atomic mass is 32.2. The van der Waals surface area contributed by atoms with Crippen molar-refractivity contribution in [3.63, 3.8) is 0 Å². The van der Waals surface area contributed by atoms with E-state index >= 15 is 0 Å². The van der Waals surface area contributed by atoms with E-state index in [9.17, 15) is 13.2 Å². The van der Waals surface area contributed by atoms with E-state index in [1.165, 1.54) is 17.8 Å². The number of piperazine rings is 1. The van der Waals surface area contributed by atoms with E-state index in [4.69, 9.17) is 0 Å². The van der Waals surface area contributed by atoms with Crippen molar-refractivity contribution >= 4 is 17.4 Å². The molecule has 1 fully saturated rings. The topological polar surface area (TPSA) is 15.3 Å². The summed E-state index contributed by atoms with van der Waals surface area (Å²) in [6.45, 7) is 5.17. The van der Waals surface area contributed by atoms with E-state index in [-0.39, 0.29) is 4.90 Å². The predicted molar refractivity (Wildman–Crippen MR) is 91.8 cm³/mol. The van der Waals surface area contributed by atoms with Crippen LogP contribution in [0.25, 0.3) is 0 Å². The smallest absolute Gasteiger partial charge is 0.368 e. The van der Waals surface area contributed by atoms with Gasteiger partial charge in [-0.05, 0) is 31.2 Å². The number of hydrogen-bond donors (Lipinski definition) is 1. The highest BCUT2D eigenvalue weighted by Crippen LogP contribution is 2.42. The second-order valence-electron chi connectivity index (χ2n) is 5.80. The van der Waals surface area contributed by atoms with E-state index in [2.05, 4.69) is 10.2 Å². The number of halogens is 3. The average Bonchev–Trinajstić information content (AvgIpc) is 2.57. The number of nitrogens with zero attached hydrogens (tertiary/aromatic N) is 1. The van der Waals surface area contributed by atoms with Crippen LogP contribution in [-0.4, -0.2) is 26.2 Å². The largest absolute Gasteiger partial charge is 0.417 e. The van der Waals surface area contributed by atoms with Gasteiger partial charge in [-0.25, -0.2) is 0 Å². The van der Waals surface area contributed by atoms with Gasteiger partial charge in [0.25, 0.3) is 0 Å². The molecule has 0 saturated carbocycles. The maximum Gasteiger partial charge on any atom is 0.417 e. The summed E-state index contributed by atoms with van der Waals surface area (Å²) in [5, 5.41) is 3.29. The maximum atomic E-state index is 13.4. The SMILES string of the molecule is Cc1ccc(Sc2ccccc2N2CCNCC2)c(C(F)(F)F)c1. The number of anilines is 1. The summed E-state index contributed by atoms with van der Waals surface area (Å²) >= 11 is 1.19. The Morgan fingerprint density at radius 2 is 1.71 bits per heavy atom. The lowest BCUT2D eigenvalue weighted by molar-refractivity contribution is -0.139. The number of nitrogens with one attached hydrogen (secondary N) is 1. The van der Waals surface area contributed by atoms with Crippen molar-refractivity contribution in [3.8, 4) is 0 Å². The van der Waals surface area contributed by atoms with Crippen LogP contribution in [0.3, 0.4) is 0 Å². The van der Waals surface area contributed by atoms with Gasteiger partial charge in [0, 0.05) is 36.0 Å². The Labute approximate surface area is 144 Å². The Morgan fingerprint density at radius 1 is 1.00 bits per heavy atom. The van der Waals surface area contributed by atoms with Gasteiger partial charge in [0.05, 0.1) is 11.3 Å². The van der Waals surface area contributed by atoms with Crippen LogP contribution in [0.1, 0.15) is 11.1 Å². The van der Waals surface area contributed by atoms with Crippen LogP contribution in [0.15, 0.2) is 52.3 Å². The summed E-state index contributed by atoms with van der Waals surface area (Å²) in [5.41, 5.74) is 1.04. The lowest BCUT2D eigenvalue weighted by Crippen LogP contribution is -2.43. The average molecular weight is 352 g/mol. The molecule has 3 rings (SSSR count). The molecule has 0 amide bonds. The fourth-order valence-corrected chi connectivity index (χ4v) is 3.89. The van der Waals surface area contributed by atoms with Gasteiger partial charge in [0.2, 0.25) is 0 Å². The highest BCUT2D eigenvalue weighted by Gasteiger charge is 2.34. The first kappa shape index (κ1) is 17.2. The normalized spacial score (nSPS) is 15.6. The Kier molecular flexibility index (Phi) is 5.06. The fourth-order valence-electron chi connectivity index (χ4n) is 2.78. The predicted octanol–water partition coefficient (Wildman–Crippen LogP) is 4.57. The zero-order valence-corrected chi connectivity index (χ0v) is 14.2. The standard InChI is InChI=1S/C18H19F3N2S/c1-13-6-7-16(14(12-13)18(19,20)21)24-17-5-3-2-4-15(17)23-10-8-22-9-11-23/h2-7,12,22H,8-11H2,1H3. The van der Waals surface area contributed by atoms with Gasteiger partial charge in [-0.2, -0.15) is 13.2 Å². The Balaban J connectivity index is 1.95. The first-order chi connectivity index (χ1) is 11.4. The molecule has 2 nitrogen and oxygen atoms in total. The minimum atomic E-state index is -4.35. The van der Waals surface area contributed by atoms with Crippen molar-refractivity contribution in [2.24, 2.45) is 0 Å². The molecule has 6 heteroatoms. The molecule has 0 aromatic heterocycles. The first-order valence-electron chi connectivity index (χ1n) is 7.85. The third-order valence-corrected chi connectivity index (χ3v) is 5.12. The van der Waals surface area contributed by atoms with Crippen LogP contribution in [-0.2, 0) is 6.18 Å². The quantitative estimate of drug-likeness (QED) is 0.871. The summed E-state index contributed by atoms with van der Waals surface area (Å²) in [6.07, 6.45) is -4.35. The second kappa shape index (κ2) is 7.07. The summed E-state index contributed by atoms with van der Waals surface area (Å²) in [4.78, 5) is 3.32. The van der Waals surface area contributed by atoms with Crippen molar-refractivity contribution in [1.29, 1.82) is 0 Å². The van der Waals surface area contributed by atoms with E-state index in [0.29, 0.717) is 5.56 Å². The molecule has 128 valence electrons. The molecule has 1 aliphatic rings. The highest BCUT2D eigenvalue weighted by molar-refractivity contribution is 7.99. The molecule has 1 aliphatic heterocycles. The Bertz CT molecular complexity index is 710. The maximum absolute atomic E-state index is 13.4. The van der Waals surface area contributed by atoms with Gasteiger partial charge in [-0.1, -0.05) is 35.5 Å². The summed E-state index contributed by atoms with van der Waals surface area (Å²) in [6, 6.07) is 12.2. The third kappa shape index (κ3) is 3.87. The number of alkyl halides is 3. The van der Waals surface area contributed by atoms with Gasteiger partial charge < -0.3 is 10.2 Å². The van der Waals surface area contributed by atoms with Crippen molar-refractivity contribution in [3.05, 3.63) is 53.6 Å². The first-order valence-corrected chi connectivity index (χ1v) is 8.67. The number of hydrogen-bond acceptors (Lipinski definition) is 3. The van der Waals surface area contributed by atoms with Crippen molar-refractivity contribution in [2.45, 2.75) is 22.9 Å². The Hall–Kier alpha value is -1.66. The zero-order chi connectivity index (χ0) is 17.2. The van der Waals surface area contributed by atoms with E-state index in [1.807, 2.05) is 24.3 Å². The summed E-state index contributed by atoms with van der Waals surface area (Å²) < 4.78 is 40.1. The van der Waals surface area contributed by atoms with Gasteiger partial charge in [0.1, 0.15) is 0 Å². The van der Waals surface area contributed by atoms with Gasteiger partial charge in [-0.15, -0.1) is 0 Å². The molecule has 0 atom stereocenters. The molecule has 0 radical (unpaired) electrons.